The van der Waals surface area contributed by atoms with Crippen molar-refractivity contribution in [3.8, 4) is 0 Å². The molecule has 0 amide bonds. The van der Waals surface area contributed by atoms with Crippen LogP contribution in [0.3, 0.4) is 0 Å². The van der Waals surface area contributed by atoms with E-state index in [1.807, 2.05) is 6.20 Å². The zero-order valence-electron chi connectivity index (χ0n) is 16.6. The Morgan fingerprint density at radius 2 is 1.89 bits per heavy atom. The number of anilines is 1. The maximum atomic E-state index is 4.93. The van der Waals surface area contributed by atoms with Crippen molar-refractivity contribution in [3.63, 3.8) is 0 Å². The normalized spacial score (nSPS) is 16.5. The summed E-state index contributed by atoms with van der Waals surface area (Å²) in [4.78, 5) is 14.2. The van der Waals surface area contributed by atoms with Crippen LogP contribution >= 0.6 is 24.0 Å². The highest BCUT2D eigenvalue weighted by Gasteiger charge is 2.19. The Balaban J connectivity index is 0.00000225. The summed E-state index contributed by atoms with van der Waals surface area (Å²) >= 11 is 0. The summed E-state index contributed by atoms with van der Waals surface area (Å²) in [5.41, 5.74) is 4.10. The van der Waals surface area contributed by atoms with E-state index in [4.69, 9.17) is 4.99 Å². The van der Waals surface area contributed by atoms with Gasteiger partial charge in [-0.3, -0.25) is 0 Å². The molecule has 5 nitrogen and oxygen atoms in total. The minimum absolute atomic E-state index is 0. The van der Waals surface area contributed by atoms with Crippen molar-refractivity contribution in [2.45, 2.75) is 39.3 Å². The van der Waals surface area contributed by atoms with Gasteiger partial charge in [0.2, 0.25) is 0 Å². The Labute approximate surface area is 185 Å². The Kier molecular flexibility index (Phi) is 7.53. The van der Waals surface area contributed by atoms with Crippen molar-refractivity contribution in [2.24, 2.45) is 4.99 Å². The van der Waals surface area contributed by atoms with Crippen molar-refractivity contribution < 1.29 is 0 Å². The number of benzene rings is 1. The Bertz CT molecular complexity index is 801. The van der Waals surface area contributed by atoms with E-state index in [1.165, 1.54) is 29.5 Å². The van der Waals surface area contributed by atoms with Crippen molar-refractivity contribution in [3.05, 3.63) is 59.3 Å². The number of hydrogen-bond acceptors (Lipinski definition) is 3. The number of aliphatic imine (C=N–C) groups is 1. The lowest BCUT2D eigenvalue weighted by Crippen LogP contribution is -2.44. The first-order valence-corrected chi connectivity index (χ1v) is 10.1. The topological polar surface area (TPSA) is 43.8 Å². The molecule has 0 atom stereocenters. The van der Waals surface area contributed by atoms with Crippen LogP contribution in [-0.4, -0.2) is 42.0 Å². The number of rotatable bonds is 4. The minimum Gasteiger partial charge on any atom is -0.357 e. The van der Waals surface area contributed by atoms with E-state index in [0.29, 0.717) is 6.54 Å². The van der Waals surface area contributed by atoms with Gasteiger partial charge in [-0.15, -0.1) is 24.0 Å². The molecule has 3 heterocycles. The van der Waals surface area contributed by atoms with E-state index in [2.05, 4.69) is 63.4 Å². The number of nitrogens with zero attached hydrogens (tertiary/aromatic N) is 4. The SMILES string of the molecule is CCNC(=NCc1ccnc(N2CCCC2)c1)N1CCc2ccccc2C1.I. The van der Waals surface area contributed by atoms with Gasteiger partial charge in [0.25, 0.3) is 0 Å². The number of hydrogen-bond donors (Lipinski definition) is 1. The predicted molar refractivity (Wildman–Crippen MR) is 126 cm³/mol. The summed E-state index contributed by atoms with van der Waals surface area (Å²) in [6, 6.07) is 13.0. The van der Waals surface area contributed by atoms with Gasteiger partial charge >= 0.3 is 0 Å². The van der Waals surface area contributed by atoms with Crippen LogP contribution in [0.4, 0.5) is 5.82 Å². The Morgan fingerprint density at radius 3 is 2.68 bits per heavy atom. The van der Waals surface area contributed by atoms with Crippen LogP contribution in [0.25, 0.3) is 0 Å². The Morgan fingerprint density at radius 1 is 1.11 bits per heavy atom. The second-order valence-corrected chi connectivity index (χ2v) is 7.33. The smallest absolute Gasteiger partial charge is 0.194 e. The fraction of sp³-hybridized carbons (Fsp3) is 0.455. The first kappa shape index (κ1) is 20.9. The van der Waals surface area contributed by atoms with Gasteiger partial charge in [-0.05, 0) is 55.0 Å². The van der Waals surface area contributed by atoms with Crippen molar-refractivity contribution >= 4 is 35.8 Å². The molecule has 1 fully saturated rings. The lowest BCUT2D eigenvalue weighted by atomic mass is 10.0. The quantitative estimate of drug-likeness (QED) is 0.401. The molecule has 0 unspecified atom stereocenters. The fourth-order valence-electron chi connectivity index (χ4n) is 3.95. The molecule has 4 rings (SSSR count). The van der Waals surface area contributed by atoms with Crippen molar-refractivity contribution in [2.75, 3.05) is 31.1 Å². The number of guanidine groups is 1. The van der Waals surface area contributed by atoms with E-state index in [1.54, 1.807) is 0 Å². The molecule has 1 aromatic carbocycles. The summed E-state index contributed by atoms with van der Waals surface area (Å²) in [5.74, 6) is 2.10. The summed E-state index contributed by atoms with van der Waals surface area (Å²) in [7, 11) is 0. The molecule has 0 radical (unpaired) electrons. The predicted octanol–water partition coefficient (Wildman–Crippen LogP) is 3.82. The minimum atomic E-state index is 0. The average Bonchev–Trinajstić information content (AvgIpc) is 3.26. The molecule has 0 aliphatic carbocycles. The first-order chi connectivity index (χ1) is 13.3. The molecule has 1 saturated heterocycles. The van der Waals surface area contributed by atoms with Crippen molar-refractivity contribution in [1.82, 2.24) is 15.2 Å². The summed E-state index contributed by atoms with van der Waals surface area (Å²) in [5, 5.41) is 3.47. The van der Waals surface area contributed by atoms with Gasteiger partial charge in [0.05, 0.1) is 6.54 Å². The molecular weight excluding hydrogens is 461 g/mol. The molecular formula is C22H30IN5. The second-order valence-electron chi connectivity index (χ2n) is 7.33. The highest BCUT2D eigenvalue weighted by Crippen LogP contribution is 2.20. The van der Waals surface area contributed by atoms with Gasteiger partial charge in [0.15, 0.2) is 5.96 Å². The standard InChI is InChI=1S/C22H29N5.HI/c1-2-23-22(27-14-10-19-7-3-4-8-20(19)17-27)25-16-18-9-11-24-21(15-18)26-12-5-6-13-26;/h3-4,7-9,11,15H,2,5-6,10,12-14,16-17H2,1H3,(H,23,25);1H. The van der Waals surface area contributed by atoms with E-state index >= 15 is 0 Å². The third-order valence-corrected chi connectivity index (χ3v) is 5.42. The van der Waals surface area contributed by atoms with E-state index < -0.39 is 0 Å². The van der Waals surface area contributed by atoms with Crippen LogP contribution in [0.1, 0.15) is 36.5 Å². The number of aromatic nitrogens is 1. The number of pyridine rings is 1. The maximum Gasteiger partial charge on any atom is 0.194 e. The lowest BCUT2D eigenvalue weighted by Gasteiger charge is -2.31. The number of halogens is 1. The second kappa shape index (κ2) is 10.1. The molecule has 6 heteroatoms. The molecule has 0 saturated carbocycles. The van der Waals surface area contributed by atoms with Gasteiger partial charge < -0.3 is 15.1 Å². The number of fused-ring (bicyclic) bond motifs is 1. The van der Waals surface area contributed by atoms with Crippen molar-refractivity contribution in [1.29, 1.82) is 0 Å². The fourth-order valence-corrected chi connectivity index (χ4v) is 3.95. The van der Waals surface area contributed by atoms with Crippen LogP contribution in [0.5, 0.6) is 0 Å². The van der Waals surface area contributed by atoms with Gasteiger partial charge in [-0.2, -0.15) is 0 Å². The van der Waals surface area contributed by atoms with E-state index in [9.17, 15) is 0 Å². The monoisotopic (exact) mass is 491 g/mol. The lowest BCUT2D eigenvalue weighted by molar-refractivity contribution is 0.378. The first-order valence-electron chi connectivity index (χ1n) is 10.1. The zero-order chi connectivity index (χ0) is 18.5. The van der Waals surface area contributed by atoms with Gasteiger partial charge in [-0.1, -0.05) is 24.3 Å². The highest BCUT2D eigenvalue weighted by atomic mass is 127. The zero-order valence-corrected chi connectivity index (χ0v) is 18.9. The van der Waals surface area contributed by atoms with E-state index in [0.717, 1.165) is 50.9 Å². The molecule has 150 valence electrons. The van der Waals surface area contributed by atoms with Crippen LogP contribution in [0, 0.1) is 0 Å². The molecule has 0 bridgehead atoms. The molecule has 28 heavy (non-hydrogen) atoms. The maximum absolute atomic E-state index is 4.93. The van der Waals surface area contributed by atoms with Crippen LogP contribution in [0.2, 0.25) is 0 Å². The third kappa shape index (κ3) is 4.96. The van der Waals surface area contributed by atoms with Crippen LogP contribution < -0.4 is 10.2 Å². The molecule has 2 aliphatic heterocycles. The largest absolute Gasteiger partial charge is 0.357 e. The van der Waals surface area contributed by atoms with E-state index in [-0.39, 0.29) is 24.0 Å². The summed E-state index contributed by atoms with van der Waals surface area (Å²) < 4.78 is 0. The molecule has 1 aromatic heterocycles. The van der Waals surface area contributed by atoms with Gasteiger partial charge in [0.1, 0.15) is 5.82 Å². The Hall–Kier alpha value is -1.83. The third-order valence-electron chi connectivity index (χ3n) is 5.42. The summed E-state index contributed by atoms with van der Waals surface area (Å²) in [6.07, 6.45) is 5.54. The van der Waals surface area contributed by atoms with Gasteiger partial charge in [0, 0.05) is 38.9 Å². The van der Waals surface area contributed by atoms with Gasteiger partial charge in [-0.25, -0.2) is 9.98 Å². The molecule has 2 aromatic rings. The number of nitrogens with one attached hydrogen (secondary N) is 1. The summed E-state index contributed by atoms with van der Waals surface area (Å²) in [6.45, 7) is 7.88. The van der Waals surface area contributed by atoms with Crippen LogP contribution in [0.15, 0.2) is 47.6 Å². The molecule has 1 N–H and O–H groups in total. The molecule has 2 aliphatic rings. The average molecular weight is 491 g/mol. The molecule has 0 spiro atoms. The highest BCUT2D eigenvalue weighted by molar-refractivity contribution is 14.0. The van der Waals surface area contributed by atoms with Crippen LogP contribution in [-0.2, 0) is 19.5 Å².